The zero-order valence-corrected chi connectivity index (χ0v) is 11.9. The molecule has 2 aliphatic rings. The van der Waals surface area contributed by atoms with E-state index in [0.29, 0.717) is 6.04 Å². The predicted molar refractivity (Wildman–Crippen MR) is 71.4 cm³/mol. The smallest absolute Gasteiger partial charge is 0.312 e. The van der Waals surface area contributed by atoms with Gasteiger partial charge in [-0.15, -0.1) is 0 Å². The summed E-state index contributed by atoms with van der Waals surface area (Å²) in [7, 11) is 1.48. The van der Waals surface area contributed by atoms with E-state index in [-0.39, 0.29) is 5.97 Å². The highest BCUT2D eigenvalue weighted by molar-refractivity contribution is 5.76. The maximum atomic E-state index is 11.8. The first-order valence-electron chi connectivity index (χ1n) is 7.08. The van der Waals surface area contributed by atoms with Crippen LogP contribution in [0.4, 0.5) is 0 Å². The van der Waals surface area contributed by atoms with Crippen LogP contribution in [0.25, 0.3) is 0 Å². The highest BCUT2D eigenvalue weighted by Gasteiger charge is 2.34. The lowest BCUT2D eigenvalue weighted by Gasteiger charge is -2.31. The minimum absolute atomic E-state index is 0.102. The molecule has 0 N–H and O–H groups in total. The van der Waals surface area contributed by atoms with Crippen molar-refractivity contribution < 1.29 is 9.53 Å². The van der Waals surface area contributed by atoms with Gasteiger partial charge in [-0.2, -0.15) is 0 Å². The fraction of sp³-hybridized carbons (Fsp3) is 0.929. The number of methoxy groups -OCH3 is 1. The van der Waals surface area contributed by atoms with Gasteiger partial charge in [0, 0.05) is 19.1 Å². The predicted octanol–water partition coefficient (Wildman–Crippen LogP) is 1.36. The molecule has 104 valence electrons. The van der Waals surface area contributed by atoms with Crippen LogP contribution in [0.15, 0.2) is 0 Å². The zero-order chi connectivity index (χ0) is 13.2. The van der Waals surface area contributed by atoms with Crippen molar-refractivity contribution in [2.45, 2.75) is 39.2 Å². The third-order valence-corrected chi connectivity index (χ3v) is 4.24. The fourth-order valence-corrected chi connectivity index (χ4v) is 3.33. The Morgan fingerprint density at radius 2 is 2.00 bits per heavy atom. The van der Waals surface area contributed by atoms with Crippen LogP contribution >= 0.6 is 0 Å². The number of fused-ring (bicyclic) bond motifs is 1. The fourth-order valence-electron chi connectivity index (χ4n) is 3.33. The Hall–Kier alpha value is -0.610. The van der Waals surface area contributed by atoms with E-state index in [1.807, 2.05) is 13.8 Å². The maximum absolute atomic E-state index is 11.8. The lowest BCUT2D eigenvalue weighted by molar-refractivity contribution is -0.151. The quantitative estimate of drug-likeness (QED) is 0.712. The number of hydrogen-bond donors (Lipinski definition) is 0. The van der Waals surface area contributed by atoms with Gasteiger partial charge < -0.3 is 9.64 Å². The van der Waals surface area contributed by atoms with Crippen LogP contribution < -0.4 is 0 Å². The van der Waals surface area contributed by atoms with E-state index in [2.05, 4.69) is 9.80 Å². The summed E-state index contributed by atoms with van der Waals surface area (Å²) in [6.07, 6.45) is 3.86. The van der Waals surface area contributed by atoms with E-state index in [9.17, 15) is 4.79 Å². The van der Waals surface area contributed by atoms with E-state index >= 15 is 0 Å². The van der Waals surface area contributed by atoms with E-state index in [1.165, 1.54) is 39.5 Å². The summed E-state index contributed by atoms with van der Waals surface area (Å²) in [6.45, 7) is 9.48. The monoisotopic (exact) mass is 254 g/mol. The van der Waals surface area contributed by atoms with Gasteiger partial charge >= 0.3 is 5.97 Å². The molecule has 0 aliphatic carbocycles. The summed E-state index contributed by atoms with van der Waals surface area (Å²) in [5.74, 6) is -0.102. The standard InChI is InChI=1S/C14H26N2O2/c1-14(2,13(17)18-3)11-15-7-5-9-16-8-4-6-12(16)10-15/h12H,4-11H2,1-3H3. The molecule has 1 unspecified atom stereocenters. The summed E-state index contributed by atoms with van der Waals surface area (Å²) < 4.78 is 4.90. The summed E-state index contributed by atoms with van der Waals surface area (Å²) in [4.78, 5) is 16.8. The Labute approximate surface area is 110 Å². The van der Waals surface area contributed by atoms with Crippen molar-refractivity contribution in [3.8, 4) is 0 Å². The number of ether oxygens (including phenoxy) is 1. The van der Waals surface area contributed by atoms with Crippen LogP contribution in [0.5, 0.6) is 0 Å². The van der Waals surface area contributed by atoms with Gasteiger partial charge in [0.05, 0.1) is 12.5 Å². The second-order valence-electron chi connectivity index (χ2n) is 6.30. The van der Waals surface area contributed by atoms with Crippen molar-refractivity contribution in [1.29, 1.82) is 0 Å². The van der Waals surface area contributed by atoms with Crippen LogP contribution in [0.1, 0.15) is 33.1 Å². The molecule has 0 radical (unpaired) electrons. The molecule has 2 fully saturated rings. The molecule has 0 amide bonds. The third-order valence-electron chi connectivity index (χ3n) is 4.24. The van der Waals surface area contributed by atoms with Gasteiger partial charge in [-0.25, -0.2) is 0 Å². The molecule has 2 heterocycles. The van der Waals surface area contributed by atoms with Crippen molar-refractivity contribution in [1.82, 2.24) is 9.80 Å². The molecule has 2 saturated heterocycles. The average Bonchev–Trinajstić information content (AvgIpc) is 2.67. The summed E-state index contributed by atoms with van der Waals surface area (Å²) in [5, 5.41) is 0. The zero-order valence-electron chi connectivity index (χ0n) is 11.9. The van der Waals surface area contributed by atoms with Crippen LogP contribution in [0.3, 0.4) is 0 Å². The number of rotatable bonds is 3. The molecule has 2 rings (SSSR count). The molecule has 0 bridgehead atoms. The molecule has 0 aromatic heterocycles. The first-order valence-corrected chi connectivity index (χ1v) is 7.08. The largest absolute Gasteiger partial charge is 0.469 e. The SMILES string of the molecule is COC(=O)C(C)(C)CN1CCCN2CCCC2C1. The number of esters is 1. The third kappa shape index (κ3) is 3.04. The second kappa shape index (κ2) is 5.57. The minimum Gasteiger partial charge on any atom is -0.469 e. The van der Waals surface area contributed by atoms with Crippen LogP contribution in [-0.2, 0) is 9.53 Å². The molecular formula is C14H26N2O2. The molecule has 0 aromatic carbocycles. The minimum atomic E-state index is -0.400. The highest BCUT2D eigenvalue weighted by Crippen LogP contribution is 2.25. The Morgan fingerprint density at radius 1 is 1.28 bits per heavy atom. The normalized spacial score (nSPS) is 26.7. The summed E-state index contributed by atoms with van der Waals surface area (Å²) >= 11 is 0. The molecule has 0 aromatic rings. The molecule has 0 saturated carbocycles. The molecule has 0 spiro atoms. The highest BCUT2D eigenvalue weighted by atomic mass is 16.5. The van der Waals surface area contributed by atoms with E-state index in [4.69, 9.17) is 4.74 Å². The van der Waals surface area contributed by atoms with Crippen LogP contribution in [-0.4, -0.2) is 61.6 Å². The van der Waals surface area contributed by atoms with Gasteiger partial charge in [0.15, 0.2) is 0 Å². The lowest BCUT2D eigenvalue weighted by Crippen LogP contribution is -2.43. The first kappa shape index (κ1) is 13.8. The first-order chi connectivity index (χ1) is 8.53. The van der Waals surface area contributed by atoms with Crippen molar-refractivity contribution in [2.75, 3.05) is 39.8 Å². The molecule has 4 nitrogen and oxygen atoms in total. The van der Waals surface area contributed by atoms with Gasteiger partial charge in [0.2, 0.25) is 0 Å². The Kier molecular flexibility index (Phi) is 4.28. The van der Waals surface area contributed by atoms with Gasteiger partial charge in [-0.1, -0.05) is 0 Å². The van der Waals surface area contributed by atoms with Gasteiger partial charge in [-0.3, -0.25) is 9.69 Å². The van der Waals surface area contributed by atoms with E-state index in [1.54, 1.807) is 0 Å². The molecule has 18 heavy (non-hydrogen) atoms. The van der Waals surface area contributed by atoms with Gasteiger partial charge in [-0.05, 0) is 52.7 Å². The average molecular weight is 254 g/mol. The van der Waals surface area contributed by atoms with Gasteiger partial charge in [0.25, 0.3) is 0 Å². The van der Waals surface area contributed by atoms with E-state index in [0.717, 1.165) is 19.6 Å². The Morgan fingerprint density at radius 3 is 2.72 bits per heavy atom. The number of hydrogen-bond acceptors (Lipinski definition) is 4. The lowest BCUT2D eigenvalue weighted by atomic mass is 9.92. The Balaban J connectivity index is 1.94. The number of carbonyl (C=O) groups is 1. The van der Waals surface area contributed by atoms with Crippen LogP contribution in [0, 0.1) is 5.41 Å². The summed E-state index contributed by atoms with van der Waals surface area (Å²) in [5.41, 5.74) is -0.400. The second-order valence-corrected chi connectivity index (χ2v) is 6.30. The number of nitrogens with zero attached hydrogens (tertiary/aromatic N) is 2. The van der Waals surface area contributed by atoms with E-state index < -0.39 is 5.41 Å². The molecule has 2 aliphatic heterocycles. The molecule has 1 atom stereocenters. The van der Waals surface area contributed by atoms with Crippen LogP contribution in [0.2, 0.25) is 0 Å². The van der Waals surface area contributed by atoms with Gasteiger partial charge in [0.1, 0.15) is 0 Å². The number of carbonyl (C=O) groups excluding carboxylic acids is 1. The van der Waals surface area contributed by atoms with Crippen molar-refractivity contribution in [3.05, 3.63) is 0 Å². The topological polar surface area (TPSA) is 32.8 Å². The van der Waals surface area contributed by atoms with Crippen molar-refractivity contribution in [2.24, 2.45) is 5.41 Å². The Bertz CT molecular complexity index is 304. The summed E-state index contributed by atoms with van der Waals surface area (Å²) in [6, 6.07) is 0.709. The van der Waals surface area contributed by atoms with Crippen molar-refractivity contribution >= 4 is 5.97 Å². The molecule has 4 heteroatoms. The van der Waals surface area contributed by atoms with Crippen molar-refractivity contribution in [3.63, 3.8) is 0 Å². The molecular weight excluding hydrogens is 228 g/mol. The maximum Gasteiger partial charge on any atom is 0.312 e.